The Labute approximate surface area is 104 Å². The lowest BCUT2D eigenvalue weighted by molar-refractivity contribution is 0.345. The number of aryl methyl sites for hydroxylation is 1. The van der Waals surface area contributed by atoms with Crippen LogP contribution in [-0.2, 0) is 6.54 Å². The van der Waals surface area contributed by atoms with Crippen molar-refractivity contribution in [1.82, 2.24) is 9.55 Å². The van der Waals surface area contributed by atoms with Gasteiger partial charge in [0.25, 0.3) is 0 Å². The molecule has 0 bridgehead atoms. The molecule has 17 heavy (non-hydrogen) atoms. The number of hydrogen-bond acceptors (Lipinski definition) is 2. The average molecular weight is 235 g/mol. The number of nitrogens with two attached hydrogens (primary N) is 1. The number of rotatable bonds is 4. The van der Waals surface area contributed by atoms with E-state index in [0.717, 1.165) is 24.0 Å². The lowest BCUT2D eigenvalue weighted by Gasteiger charge is -2.25. The van der Waals surface area contributed by atoms with Crippen LogP contribution in [0.3, 0.4) is 0 Å². The molecular formula is C14H25N3. The van der Waals surface area contributed by atoms with Crippen LogP contribution in [0.5, 0.6) is 0 Å². The molecule has 96 valence electrons. The van der Waals surface area contributed by atoms with Gasteiger partial charge in [0.05, 0.1) is 12.0 Å². The van der Waals surface area contributed by atoms with Crippen LogP contribution in [0.25, 0.3) is 0 Å². The SMILES string of the molecule is CCCCn1cnc(C2CCC(C)CC2)c1N. The monoisotopic (exact) mass is 235 g/mol. The second-order valence-electron chi connectivity index (χ2n) is 5.52. The van der Waals surface area contributed by atoms with E-state index in [1.54, 1.807) is 0 Å². The van der Waals surface area contributed by atoms with Gasteiger partial charge >= 0.3 is 0 Å². The topological polar surface area (TPSA) is 43.8 Å². The van der Waals surface area contributed by atoms with Gasteiger partial charge in [0, 0.05) is 12.5 Å². The van der Waals surface area contributed by atoms with Gasteiger partial charge < -0.3 is 10.3 Å². The first kappa shape index (κ1) is 12.5. The van der Waals surface area contributed by atoms with Gasteiger partial charge in [-0.1, -0.05) is 33.1 Å². The second-order valence-corrected chi connectivity index (χ2v) is 5.52. The maximum Gasteiger partial charge on any atom is 0.126 e. The fourth-order valence-electron chi connectivity index (χ4n) is 2.76. The van der Waals surface area contributed by atoms with Crippen molar-refractivity contribution in [2.75, 3.05) is 5.73 Å². The van der Waals surface area contributed by atoms with Crippen molar-refractivity contribution in [2.45, 2.75) is 64.8 Å². The molecule has 2 N–H and O–H groups in total. The molecule has 0 amide bonds. The highest BCUT2D eigenvalue weighted by Crippen LogP contribution is 2.36. The average Bonchev–Trinajstić information content (AvgIpc) is 2.69. The summed E-state index contributed by atoms with van der Waals surface area (Å²) in [5, 5.41) is 0. The summed E-state index contributed by atoms with van der Waals surface area (Å²) < 4.78 is 2.12. The maximum atomic E-state index is 6.21. The largest absolute Gasteiger partial charge is 0.384 e. The molecule has 1 heterocycles. The molecule has 0 atom stereocenters. The van der Waals surface area contributed by atoms with Gasteiger partial charge in [-0.15, -0.1) is 0 Å². The first-order valence-corrected chi connectivity index (χ1v) is 7.02. The second kappa shape index (κ2) is 5.56. The van der Waals surface area contributed by atoms with Gasteiger partial charge in [-0.05, 0) is 25.2 Å². The molecule has 1 saturated carbocycles. The molecule has 1 aromatic heterocycles. The number of anilines is 1. The molecule has 0 aliphatic heterocycles. The number of nitrogens with zero attached hydrogens (tertiary/aromatic N) is 2. The van der Waals surface area contributed by atoms with Crippen LogP contribution in [0.1, 0.15) is 64.0 Å². The minimum atomic E-state index is 0.606. The van der Waals surface area contributed by atoms with Crippen LogP contribution in [0.15, 0.2) is 6.33 Å². The van der Waals surface area contributed by atoms with E-state index in [-0.39, 0.29) is 0 Å². The normalized spacial score (nSPS) is 25.1. The van der Waals surface area contributed by atoms with Crippen LogP contribution in [0.2, 0.25) is 0 Å². The van der Waals surface area contributed by atoms with Crippen LogP contribution < -0.4 is 5.73 Å². The molecule has 1 aliphatic carbocycles. The summed E-state index contributed by atoms with van der Waals surface area (Å²) in [4.78, 5) is 4.56. The van der Waals surface area contributed by atoms with E-state index in [0.29, 0.717) is 5.92 Å². The predicted octanol–water partition coefficient (Wildman–Crippen LogP) is 3.56. The molecule has 1 aliphatic rings. The molecule has 3 heteroatoms. The molecular weight excluding hydrogens is 210 g/mol. The van der Waals surface area contributed by atoms with E-state index < -0.39 is 0 Å². The third-order valence-electron chi connectivity index (χ3n) is 4.06. The highest BCUT2D eigenvalue weighted by Gasteiger charge is 2.23. The van der Waals surface area contributed by atoms with E-state index in [4.69, 9.17) is 5.73 Å². The Morgan fingerprint density at radius 1 is 1.35 bits per heavy atom. The minimum absolute atomic E-state index is 0.606. The van der Waals surface area contributed by atoms with Crippen LogP contribution in [0, 0.1) is 5.92 Å². The lowest BCUT2D eigenvalue weighted by atomic mass is 9.81. The molecule has 1 fully saturated rings. The molecule has 1 aromatic rings. The van der Waals surface area contributed by atoms with Gasteiger partial charge in [0.2, 0.25) is 0 Å². The van der Waals surface area contributed by atoms with Crippen LogP contribution in [0.4, 0.5) is 5.82 Å². The Kier molecular flexibility index (Phi) is 4.08. The summed E-state index contributed by atoms with van der Waals surface area (Å²) in [5.41, 5.74) is 7.37. The van der Waals surface area contributed by atoms with Gasteiger partial charge in [-0.2, -0.15) is 0 Å². The standard InChI is InChI=1S/C14H25N3/c1-3-4-9-17-10-16-13(14(17)15)12-7-5-11(2)6-8-12/h10-12H,3-9,15H2,1-2H3. The van der Waals surface area contributed by atoms with Crippen molar-refractivity contribution in [3.05, 3.63) is 12.0 Å². The van der Waals surface area contributed by atoms with Crippen LogP contribution >= 0.6 is 0 Å². The summed E-state index contributed by atoms with van der Waals surface area (Å²) in [5.74, 6) is 2.40. The maximum absolute atomic E-state index is 6.21. The number of unbranched alkanes of at least 4 members (excludes halogenated alkanes) is 1. The summed E-state index contributed by atoms with van der Waals surface area (Å²) in [7, 11) is 0. The van der Waals surface area contributed by atoms with E-state index >= 15 is 0 Å². The smallest absolute Gasteiger partial charge is 0.126 e. The molecule has 0 aromatic carbocycles. The quantitative estimate of drug-likeness (QED) is 0.867. The van der Waals surface area contributed by atoms with E-state index in [1.807, 2.05) is 6.33 Å². The van der Waals surface area contributed by atoms with E-state index in [9.17, 15) is 0 Å². The third-order valence-corrected chi connectivity index (χ3v) is 4.06. The minimum Gasteiger partial charge on any atom is -0.384 e. The third kappa shape index (κ3) is 2.82. The highest BCUT2D eigenvalue weighted by atomic mass is 15.1. The fraction of sp³-hybridized carbons (Fsp3) is 0.786. The summed E-state index contributed by atoms with van der Waals surface area (Å²) in [6.07, 6.45) is 9.48. The predicted molar refractivity (Wildman–Crippen MR) is 71.9 cm³/mol. The van der Waals surface area contributed by atoms with Crippen molar-refractivity contribution in [2.24, 2.45) is 5.92 Å². The Morgan fingerprint density at radius 2 is 2.06 bits per heavy atom. The Hall–Kier alpha value is -0.990. The van der Waals surface area contributed by atoms with Gasteiger partial charge in [-0.25, -0.2) is 4.98 Å². The van der Waals surface area contributed by atoms with Gasteiger partial charge in [-0.3, -0.25) is 0 Å². The molecule has 0 saturated heterocycles. The number of aromatic nitrogens is 2. The Bertz CT molecular complexity index is 348. The number of hydrogen-bond donors (Lipinski definition) is 1. The van der Waals surface area contributed by atoms with E-state index in [2.05, 4.69) is 23.4 Å². The number of nitrogen functional groups attached to an aromatic ring is 1. The highest BCUT2D eigenvalue weighted by molar-refractivity contribution is 5.38. The summed E-state index contributed by atoms with van der Waals surface area (Å²) >= 11 is 0. The van der Waals surface area contributed by atoms with Crippen molar-refractivity contribution < 1.29 is 0 Å². The fourth-order valence-corrected chi connectivity index (χ4v) is 2.76. The first-order chi connectivity index (χ1) is 8.22. The molecule has 0 unspecified atom stereocenters. The zero-order valence-electron chi connectivity index (χ0n) is 11.2. The van der Waals surface area contributed by atoms with Crippen molar-refractivity contribution >= 4 is 5.82 Å². The van der Waals surface area contributed by atoms with Crippen molar-refractivity contribution in [3.63, 3.8) is 0 Å². The zero-order chi connectivity index (χ0) is 12.3. The Morgan fingerprint density at radius 3 is 2.71 bits per heavy atom. The van der Waals surface area contributed by atoms with Crippen molar-refractivity contribution in [3.8, 4) is 0 Å². The molecule has 0 spiro atoms. The summed E-state index contributed by atoms with van der Waals surface area (Å²) in [6.45, 7) is 5.56. The van der Waals surface area contributed by atoms with Gasteiger partial charge in [0.15, 0.2) is 0 Å². The number of imidazole rings is 1. The lowest BCUT2D eigenvalue weighted by Crippen LogP contribution is -2.13. The summed E-state index contributed by atoms with van der Waals surface area (Å²) in [6, 6.07) is 0. The first-order valence-electron chi connectivity index (χ1n) is 7.02. The van der Waals surface area contributed by atoms with Crippen molar-refractivity contribution in [1.29, 1.82) is 0 Å². The molecule has 0 radical (unpaired) electrons. The Balaban J connectivity index is 2.03. The molecule has 2 rings (SSSR count). The van der Waals surface area contributed by atoms with E-state index in [1.165, 1.54) is 38.5 Å². The van der Waals surface area contributed by atoms with Crippen LogP contribution in [-0.4, -0.2) is 9.55 Å². The zero-order valence-corrected chi connectivity index (χ0v) is 11.2. The van der Waals surface area contributed by atoms with Gasteiger partial charge in [0.1, 0.15) is 5.82 Å². The molecule has 3 nitrogen and oxygen atoms in total.